The molecular weight excluding hydrogens is 162 g/mol. The third kappa shape index (κ3) is 2.69. The van der Waals surface area contributed by atoms with Crippen LogP contribution in [0.15, 0.2) is 12.2 Å². The fourth-order valence-electron chi connectivity index (χ4n) is 0.659. The second kappa shape index (κ2) is 3.34. The molecule has 5 nitrogen and oxygen atoms in total. The van der Waals surface area contributed by atoms with Gasteiger partial charge in [0.05, 0.1) is 5.97 Å². The van der Waals surface area contributed by atoms with E-state index in [9.17, 15) is 20.0 Å². The van der Waals surface area contributed by atoms with E-state index in [1.54, 1.807) is 0 Å². The number of nitro groups is 1. The first-order valence-electron chi connectivity index (χ1n) is 3.31. The minimum atomic E-state index is -1.44. The number of hydrogen-bond donors (Lipinski definition) is 0. The van der Waals surface area contributed by atoms with Crippen molar-refractivity contribution in [2.45, 2.75) is 25.8 Å². The van der Waals surface area contributed by atoms with Gasteiger partial charge in [-0.25, -0.2) is 0 Å². The average molecular weight is 172 g/mol. The summed E-state index contributed by atoms with van der Waals surface area (Å²) < 4.78 is 0. The van der Waals surface area contributed by atoms with Crippen LogP contribution in [0.5, 0.6) is 0 Å². The molecule has 0 amide bonds. The second-order valence-corrected chi connectivity index (χ2v) is 3.14. The Bertz CT molecular complexity index is 232. The molecule has 5 heteroatoms. The van der Waals surface area contributed by atoms with Crippen molar-refractivity contribution < 1.29 is 14.8 Å². The molecule has 0 aromatic rings. The summed E-state index contributed by atoms with van der Waals surface area (Å²) in [5.41, 5.74) is -1.55. The maximum Gasteiger partial charge on any atom is 0.220 e. The van der Waals surface area contributed by atoms with Gasteiger partial charge in [-0.2, -0.15) is 0 Å². The summed E-state index contributed by atoms with van der Waals surface area (Å²) >= 11 is 0. The highest BCUT2D eigenvalue weighted by Crippen LogP contribution is 2.17. The summed E-state index contributed by atoms with van der Waals surface area (Å²) in [6, 6.07) is 0. The number of aliphatic carboxylic acids is 1. The molecule has 0 saturated heterocycles. The third-order valence-corrected chi connectivity index (χ3v) is 1.43. The number of carboxylic acids is 1. The zero-order chi connectivity index (χ0) is 9.94. The predicted molar refractivity (Wildman–Crippen MR) is 39.8 cm³/mol. The van der Waals surface area contributed by atoms with Crippen LogP contribution in [0.3, 0.4) is 0 Å². The smallest absolute Gasteiger partial charge is 0.220 e. The Balaban J connectivity index is 4.35. The van der Waals surface area contributed by atoms with Gasteiger partial charge in [0.1, 0.15) is 0 Å². The van der Waals surface area contributed by atoms with Crippen LogP contribution in [-0.2, 0) is 4.79 Å². The molecule has 0 aliphatic heterocycles. The van der Waals surface area contributed by atoms with Crippen LogP contribution < -0.4 is 5.11 Å². The normalized spacial score (nSPS) is 10.8. The number of carboxylic acid groups (broad SMARTS) is 1. The van der Waals surface area contributed by atoms with Crippen molar-refractivity contribution >= 4 is 5.97 Å². The highest BCUT2D eigenvalue weighted by Gasteiger charge is 2.31. The lowest BCUT2D eigenvalue weighted by atomic mass is 9.97. The molecule has 0 bridgehead atoms. The van der Waals surface area contributed by atoms with Gasteiger partial charge in [-0.1, -0.05) is 6.58 Å². The Morgan fingerprint density at radius 2 is 2.00 bits per heavy atom. The highest BCUT2D eigenvalue weighted by atomic mass is 16.6. The van der Waals surface area contributed by atoms with E-state index >= 15 is 0 Å². The first-order valence-corrected chi connectivity index (χ1v) is 3.31. The fourth-order valence-corrected chi connectivity index (χ4v) is 0.659. The highest BCUT2D eigenvalue weighted by molar-refractivity contribution is 5.83. The van der Waals surface area contributed by atoms with Crippen LogP contribution >= 0.6 is 0 Å². The summed E-state index contributed by atoms with van der Waals surface area (Å²) in [7, 11) is 0. The molecule has 0 atom stereocenters. The van der Waals surface area contributed by atoms with Crippen molar-refractivity contribution in [1.82, 2.24) is 0 Å². The summed E-state index contributed by atoms with van der Waals surface area (Å²) in [5, 5.41) is 20.5. The second-order valence-electron chi connectivity index (χ2n) is 3.14. The van der Waals surface area contributed by atoms with Crippen molar-refractivity contribution in [2.24, 2.45) is 0 Å². The standard InChI is InChI=1S/C7H11NO4/c1-5(6(9)10)4-7(2,3)8(11)12/h1,4H2,2-3H3,(H,9,10)/p-1. The van der Waals surface area contributed by atoms with Crippen molar-refractivity contribution in [1.29, 1.82) is 0 Å². The van der Waals surface area contributed by atoms with Gasteiger partial charge in [-0.05, 0) is 5.57 Å². The quantitative estimate of drug-likeness (QED) is 0.332. The molecule has 0 N–H and O–H groups in total. The Kier molecular flexibility index (Phi) is 2.95. The van der Waals surface area contributed by atoms with Crippen LogP contribution in [0, 0.1) is 10.1 Å². The monoisotopic (exact) mass is 172 g/mol. The molecule has 0 aliphatic carbocycles. The van der Waals surface area contributed by atoms with E-state index in [-0.39, 0.29) is 12.0 Å². The van der Waals surface area contributed by atoms with Crippen LogP contribution in [0.25, 0.3) is 0 Å². The molecule has 0 aliphatic rings. The van der Waals surface area contributed by atoms with Crippen LogP contribution in [0.2, 0.25) is 0 Å². The zero-order valence-electron chi connectivity index (χ0n) is 6.99. The minimum Gasteiger partial charge on any atom is -0.545 e. The lowest BCUT2D eigenvalue weighted by Gasteiger charge is -2.16. The first-order chi connectivity index (χ1) is 5.27. The van der Waals surface area contributed by atoms with Crippen LogP contribution in [0.4, 0.5) is 0 Å². The van der Waals surface area contributed by atoms with Gasteiger partial charge in [0.15, 0.2) is 0 Å². The lowest BCUT2D eigenvalue weighted by Crippen LogP contribution is -2.35. The fraction of sp³-hybridized carbons (Fsp3) is 0.571. The Morgan fingerprint density at radius 3 is 2.25 bits per heavy atom. The Morgan fingerprint density at radius 1 is 1.58 bits per heavy atom. The maximum absolute atomic E-state index is 10.3. The van der Waals surface area contributed by atoms with Gasteiger partial charge in [-0.15, -0.1) is 0 Å². The summed E-state index contributed by atoms with van der Waals surface area (Å²) in [4.78, 5) is 20.0. The summed E-state index contributed by atoms with van der Waals surface area (Å²) in [6.07, 6.45) is -0.206. The Hall–Kier alpha value is -1.39. The lowest BCUT2D eigenvalue weighted by molar-refractivity contribution is -0.559. The topological polar surface area (TPSA) is 83.3 Å². The van der Waals surface area contributed by atoms with Gasteiger partial charge in [0.2, 0.25) is 5.54 Å². The molecule has 0 aromatic carbocycles. The largest absolute Gasteiger partial charge is 0.545 e. The van der Waals surface area contributed by atoms with Gasteiger partial charge in [0, 0.05) is 25.2 Å². The van der Waals surface area contributed by atoms with E-state index < -0.39 is 16.4 Å². The summed E-state index contributed by atoms with van der Waals surface area (Å²) in [5.74, 6) is -1.44. The van der Waals surface area contributed by atoms with E-state index in [4.69, 9.17) is 0 Å². The first kappa shape index (κ1) is 10.6. The average Bonchev–Trinajstić information content (AvgIpc) is 1.85. The van der Waals surface area contributed by atoms with Crippen molar-refractivity contribution in [2.75, 3.05) is 0 Å². The number of rotatable bonds is 4. The number of carbonyl (C=O) groups excluding carboxylic acids is 1. The van der Waals surface area contributed by atoms with E-state index in [2.05, 4.69) is 6.58 Å². The van der Waals surface area contributed by atoms with Crippen LogP contribution in [0.1, 0.15) is 20.3 Å². The van der Waals surface area contributed by atoms with E-state index in [0.29, 0.717) is 0 Å². The molecule has 68 valence electrons. The molecule has 0 unspecified atom stereocenters. The molecule has 0 heterocycles. The van der Waals surface area contributed by atoms with Gasteiger partial charge in [-0.3, -0.25) is 10.1 Å². The van der Waals surface area contributed by atoms with E-state index in [0.717, 1.165) is 0 Å². The number of nitrogens with zero attached hydrogens (tertiary/aromatic N) is 1. The van der Waals surface area contributed by atoms with Crippen molar-refractivity contribution in [3.05, 3.63) is 22.3 Å². The molecule has 0 saturated carbocycles. The molecule has 0 radical (unpaired) electrons. The molecule has 0 spiro atoms. The van der Waals surface area contributed by atoms with Crippen molar-refractivity contribution in [3.8, 4) is 0 Å². The van der Waals surface area contributed by atoms with Gasteiger partial charge in [0.25, 0.3) is 0 Å². The summed E-state index contributed by atoms with van der Waals surface area (Å²) in [6.45, 7) is 5.82. The molecule has 0 rings (SSSR count). The zero-order valence-corrected chi connectivity index (χ0v) is 6.99. The van der Waals surface area contributed by atoms with Gasteiger partial charge >= 0.3 is 0 Å². The number of hydrogen-bond acceptors (Lipinski definition) is 4. The molecular formula is C7H10NO4-. The van der Waals surface area contributed by atoms with Crippen molar-refractivity contribution in [3.63, 3.8) is 0 Å². The van der Waals surface area contributed by atoms with Gasteiger partial charge < -0.3 is 9.90 Å². The Labute approximate surface area is 69.8 Å². The number of carbonyl (C=O) groups is 1. The van der Waals surface area contributed by atoms with Crippen LogP contribution in [-0.4, -0.2) is 16.4 Å². The molecule has 0 aromatic heterocycles. The SMILES string of the molecule is C=C(CC(C)(C)[N+](=O)[O-])C(=O)[O-]. The third-order valence-electron chi connectivity index (χ3n) is 1.43. The molecule has 0 fully saturated rings. The van der Waals surface area contributed by atoms with E-state index in [1.807, 2.05) is 0 Å². The minimum absolute atomic E-state index is 0.206. The molecule has 12 heavy (non-hydrogen) atoms. The maximum atomic E-state index is 10.3. The van der Waals surface area contributed by atoms with E-state index in [1.165, 1.54) is 13.8 Å². The predicted octanol–water partition coefficient (Wildman–Crippen LogP) is -0.262.